The Morgan fingerprint density at radius 1 is 1.38 bits per heavy atom. The van der Waals surface area contributed by atoms with Gasteiger partial charge in [0.1, 0.15) is 5.69 Å². The Bertz CT molecular complexity index is 674. The first kappa shape index (κ1) is 13.8. The number of hydrogen-bond donors (Lipinski definition) is 1. The van der Waals surface area contributed by atoms with Gasteiger partial charge >= 0.3 is 5.69 Å². The summed E-state index contributed by atoms with van der Waals surface area (Å²) >= 11 is 0. The number of anilines is 1. The molecule has 0 aliphatic carbocycles. The second-order valence-corrected chi connectivity index (χ2v) is 5.29. The summed E-state index contributed by atoms with van der Waals surface area (Å²) in [6.07, 6.45) is 4.52. The highest BCUT2D eigenvalue weighted by Gasteiger charge is 2.29. The van der Waals surface area contributed by atoms with Crippen molar-refractivity contribution in [2.24, 2.45) is 0 Å². The lowest BCUT2D eigenvalue weighted by Crippen LogP contribution is -2.42. The molecular weight excluding hydrogens is 270 g/mol. The van der Waals surface area contributed by atoms with Crippen LogP contribution < -0.4 is 4.90 Å². The topological polar surface area (TPSA) is 79.5 Å². The Kier molecular flexibility index (Phi) is 3.70. The van der Waals surface area contributed by atoms with Crippen molar-refractivity contribution < 1.29 is 10.0 Å². The minimum Gasteiger partial charge on any atom is -0.394 e. The van der Waals surface area contributed by atoms with Crippen LogP contribution >= 0.6 is 0 Å². The zero-order valence-electron chi connectivity index (χ0n) is 11.6. The van der Waals surface area contributed by atoms with E-state index in [-0.39, 0.29) is 23.3 Å². The second kappa shape index (κ2) is 5.65. The third-order valence-corrected chi connectivity index (χ3v) is 4.07. The van der Waals surface area contributed by atoms with Gasteiger partial charge in [0.15, 0.2) is 0 Å². The summed E-state index contributed by atoms with van der Waals surface area (Å²) in [6.45, 7) is 0.750. The summed E-state index contributed by atoms with van der Waals surface area (Å²) in [5.74, 6) is 0. The average Bonchev–Trinajstić information content (AvgIpc) is 2.53. The molecule has 1 aromatic carbocycles. The Morgan fingerprint density at radius 3 is 3.00 bits per heavy atom. The molecule has 6 heteroatoms. The van der Waals surface area contributed by atoms with Crippen molar-refractivity contribution in [3.63, 3.8) is 0 Å². The number of hydrogen-bond acceptors (Lipinski definition) is 5. The molecule has 3 rings (SSSR count). The number of benzene rings is 1. The van der Waals surface area contributed by atoms with Crippen molar-refractivity contribution in [2.75, 3.05) is 18.1 Å². The van der Waals surface area contributed by atoms with Gasteiger partial charge in [-0.3, -0.25) is 15.1 Å². The Hall–Kier alpha value is -2.21. The average molecular weight is 287 g/mol. The minimum absolute atomic E-state index is 0.0161. The van der Waals surface area contributed by atoms with Crippen molar-refractivity contribution in [3.05, 3.63) is 40.6 Å². The summed E-state index contributed by atoms with van der Waals surface area (Å²) in [7, 11) is 0. The fourth-order valence-corrected chi connectivity index (χ4v) is 3.06. The number of pyridine rings is 1. The zero-order chi connectivity index (χ0) is 14.8. The highest BCUT2D eigenvalue weighted by molar-refractivity contribution is 5.94. The third kappa shape index (κ3) is 2.42. The molecule has 1 aliphatic rings. The van der Waals surface area contributed by atoms with E-state index in [1.165, 1.54) is 0 Å². The Labute approximate surface area is 122 Å². The van der Waals surface area contributed by atoms with Gasteiger partial charge in [0.2, 0.25) is 0 Å². The normalized spacial score (nSPS) is 18.9. The van der Waals surface area contributed by atoms with Crippen molar-refractivity contribution in [1.29, 1.82) is 0 Å². The fraction of sp³-hybridized carbons (Fsp3) is 0.400. The maximum atomic E-state index is 11.6. The first-order valence-corrected chi connectivity index (χ1v) is 7.12. The molecule has 2 heterocycles. The fourth-order valence-electron chi connectivity index (χ4n) is 3.06. The van der Waals surface area contributed by atoms with Crippen LogP contribution in [0.25, 0.3) is 10.9 Å². The van der Waals surface area contributed by atoms with Crippen LogP contribution in [0.5, 0.6) is 0 Å². The predicted octanol–water partition coefficient (Wildman–Crippen LogP) is 2.49. The van der Waals surface area contributed by atoms with Crippen LogP contribution in [-0.4, -0.2) is 34.2 Å². The minimum atomic E-state index is -0.345. The summed E-state index contributed by atoms with van der Waals surface area (Å²) in [6, 6.07) is 6.94. The van der Waals surface area contributed by atoms with Crippen molar-refractivity contribution >= 4 is 22.3 Å². The molecule has 0 radical (unpaired) electrons. The lowest BCUT2D eigenvalue weighted by atomic mass is 10.0. The van der Waals surface area contributed by atoms with Crippen molar-refractivity contribution in [2.45, 2.75) is 25.3 Å². The number of fused-ring (bicyclic) bond motifs is 1. The van der Waals surface area contributed by atoms with Crippen LogP contribution in [0.2, 0.25) is 0 Å². The second-order valence-electron chi connectivity index (χ2n) is 5.29. The number of aliphatic hydroxyl groups is 1. The number of nitro benzene ring substituents is 1. The van der Waals surface area contributed by atoms with Gasteiger partial charge in [0.25, 0.3) is 0 Å². The van der Waals surface area contributed by atoms with Crippen LogP contribution in [0, 0.1) is 10.1 Å². The van der Waals surface area contributed by atoms with E-state index in [9.17, 15) is 15.2 Å². The van der Waals surface area contributed by atoms with Gasteiger partial charge in [-0.2, -0.15) is 0 Å². The van der Waals surface area contributed by atoms with Gasteiger partial charge in [-0.25, -0.2) is 0 Å². The summed E-state index contributed by atoms with van der Waals surface area (Å²) in [4.78, 5) is 17.4. The SMILES string of the molecule is O=[N+]([O-])c1c(N2CCCCC2CO)ccc2ncccc12. The van der Waals surface area contributed by atoms with Gasteiger partial charge < -0.3 is 10.0 Å². The molecule has 21 heavy (non-hydrogen) atoms. The van der Waals surface area contributed by atoms with E-state index in [0.717, 1.165) is 25.8 Å². The number of piperidine rings is 1. The van der Waals surface area contributed by atoms with E-state index in [1.807, 2.05) is 4.90 Å². The number of nitro groups is 1. The number of aliphatic hydroxyl groups excluding tert-OH is 1. The van der Waals surface area contributed by atoms with E-state index in [1.54, 1.807) is 30.5 Å². The van der Waals surface area contributed by atoms with Crippen LogP contribution in [0.4, 0.5) is 11.4 Å². The molecule has 1 N–H and O–H groups in total. The van der Waals surface area contributed by atoms with Gasteiger partial charge in [-0.1, -0.05) is 0 Å². The maximum absolute atomic E-state index is 11.6. The first-order valence-electron chi connectivity index (χ1n) is 7.12. The van der Waals surface area contributed by atoms with Crippen LogP contribution in [0.1, 0.15) is 19.3 Å². The maximum Gasteiger partial charge on any atom is 0.301 e. The van der Waals surface area contributed by atoms with E-state index in [4.69, 9.17) is 0 Å². The van der Waals surface area contributed by atoms with Crippen LogP contribution in [0.15, 0.2) is 30.5 Å². The summed E-state index contributed by atoms with van der Waals surface area (Å²) in [5, 5.41) is 21.6. The molecule has 1 unspecified atom stereocenters. The van der Waals surface area contributed by atoms with E-state index >= 15 is 0 Å². The third-order valence-electron chi connectivity index (χ3n) is 4.07. The molecular formula is C15H17N3O3. The molecule has 0 saturated carbocycles. The van der Waals surface area contributed by atoms with Gasteiger partial charge in [-0.05, 0) is 43.5 Å². The van der Waals surface area contributed by atoms with Gasteiger partial charge in [-0.15, -0.1) is 0 Å². The van der Waals surface area contributed by atoms with Crippen molar-refractivity contribution in [1.82, 2.24) is 4.98 Å². The summed E-state index contributed by atoms with van der Waals surface area (Å²) < 4.78 is 0. The van der Waals surface area contributed by atoms with Crippen LogP contribution in [-0.2, 0) is 0 Å². The summed E-state index contributed by atoms with van der Waals surface area (Å²) in [5.41, 5.74) is 1.28. The molecule has 1 atom stereocenters. The quantitative estimate of drug-likeness (QED) is 0.693. The molecule has 1 aliphatic heterocycles. The first-order chi connectivity index (χ1) is 10.2. The van der Waals surface area contributed by atoms with E-state index in [0.29, 0.717) is 16.6 Å². The standard InChI is InChI=1S/C15H17N3O3/c19-10-11-4-1-2-9-17(11)14-7-6-13-12(5-3-8-16-13)15(14)18(20)21/h3,5-8,11,19H,1-2,4,9-10H2. The molecule has 1 fully saturated rings. The lowest BCUT2D eigenvalue weighted by Gasteiger charge is -2.36. The predicted molar refractivity (Wildman–Crippen MR) is 80.5 cm³/mol. The number of aromatic nitrogens is 1. The molecule has 0 bridgehead atoms. The molecule has 1 aromatic heterocycles. The van der Waals surface area contributed by atoms with E-state index < -0.39 is 0 Å². The highest BCUT2D eigenvalue weighted by Crippen LogP contribution is 2.37. The van der Waals surface area contributed by atoms with Crippen LogP contribution in [0.3, 0.4) is 0 Å². The monoisotopic (exact) mass is 287 g/mol. The van der Waals surface area contributed by atoms with Crippen molar-refractivity contribution in [3.8, 4) is 0 Å². The van der Waals surface area contributed by atoms with E-state index in [2.05, 4.69) is 4.98 Å². The van der Waals surface area contributed by atoms with Gasteiger partial charge in [0.05, 0.1) is 28.5 Å². The molecule has 110 valence electrons. The van der Waals surface area contributed by atoms with Gasteiger partial charge in [0, 0.05) is 12.7 Å². The molecule has 0 spiro atoms. The number of rotatable bonds is 3. The molecule has 2 aromatic rings. The largest absolute Gasteiger partial charge is 0.394 e. The molecule has 1 saturated heterocycles. The number of nitrogens with zero attached hydrogens (tertiary/aromatic N) is 3. The zero-order valence-corrected chi connectivity index (χ0v) is 11.6. The Morgan fingerprint density at radius 2 is 2.24 bits per heavy atom. The highest BCUT2D eigenvalue weighted by atomic mass is 16.6. The lowest BCUT2D eigenvalue weighted by molar-refractivity contribution is -0.382. The molecule has 6 nitrogen and oxygen atoms in total. The molecule has 0 amide bonds. The smallest absolute Gasteiger partial charge is 0.301 e. The Balaban J connectivity index is 2.17.